The van der Waals surface area contributed by atoms with Crippen molar-refractivity contribution in [3.05, 3.63) is 36.7 Å². The van der Waals surface area contributed by atoms with E-state index in [2.05, 4.69) is 51.1 Å². The number of nitrogens with one attached hydrogen (secondary N) is 1. The number of aliphatic imine (C=N–C) groups is 1. The highest BCUT2D eigenvalue weighted by Crippen LogP contribution is 2.27. The monoisotopic (exact) mass is 471 g/mol. The lowest BCUT2D eigenvalue weighted by atomic mass is 9.93. The van der Waals surface area contributed by atoms with E-state index in [1.165, 1.54) is 5.56 Å². The van der Waals surface area contributed by atoms with Crippen molar-refractivity contribution in [2.45, 2.75) is 32.7 Å². The van der Waals surface area contributed by atoms with Crippen LogP contribution in [0, 0.1) is 5.92 Å². The number of hydrogen-bond acceptors (Lipinski definition) is 3. The summed E-state index contributed by atoms with van der Waals surface area (Å²) in [6.07, 6.45) is 11.9. The van der Waals surface area contributed by atoms with Crippen LogP contribution >= 0.6 is 24.0 Å². The number of aromatic nitrogens is 4. The molecular formula is C18H30IN7. The van der Waals surface area contributed by atoms with Gasteiger partial charge in [0.05, 0.1) is 18.6 Å². The van der Waals surface area contributed by atoms with Crippen molar-refractivity contribution >= 4 is 29.9 Å². The molecule has 0 radical (unpaired) electrons. The highest BCUT2D eigenvalue weighted by molar-refractivity contribution is 14.0. The average Bonchev–Trinajstić information content (AvgIpc) is 3.26. The Morgan fingerprint density at radius 3 is 2.92 bits per heavy atom. The van der Waals surface area contributed by atoms with E-state index in [4.69, 9.17) is 4.99 Å². The first-order chi connectivity index (χ1) is 12.2. The summed E-state index contributed by atoms with van der Waals surface area (Å²) in [6, 6.07) is 0.443. The molecule has 0 saturated carbocycles. The normalized spacial score (nSPS) is 20.7. The average molecular weight is 471 g/mol. The van der Waals surface area contributed by atoms with Crippen molar-refractivity contribution < 1.29 is 0 Å². The Labute approximate surface area is 172 Å². The van der Waals surface area contributed by atoms with Crippen molar-refractivity contribution in [2.75, 3.05) is 26.2 Å². The molecule has 1 saturated heterocycles. The van der Waals surface area contributed by atoms with E-state index in [-0.39, 0.29) is 24.0 Å². The molecule has 0 bridgehead atoms. The van der Waals surface area contributed by atoms with Crippen LogP contribution in [-0.2, 0) is 13.5 Å². The summed E-state index contributed by atoms with van der Waals surface area (Å²) in [4.78, 5) is 11.5. The number of aryl methyl sites for hydroxylation is 1. The summed E-state index contributed by atoms with van der Waals surface area (Å²) >= 11 is 0. The molecule has 1 N–H and O–H groups in total. The van der Waals surface area contributed by atoms with Gasteiger partial charge in [0, 0.05) is 51.8 Å². The Morgan fingerprint density at radius 1 is 1.42 bits per heavy atom. The minimum absolute atomic E-state index is 0. The predicted octanol–water partition coefficient (Wildman–Crippen LogP) is 2.33. The minimum Gasteiger partial charge on any atom is -0.357 e. The fourth-order valence-electron chi connectivity index (χ4n) is 3.41. The first kappa shape index (κ1) is 20.7. The molecule has 1 fully saturated rings. The Bertz CT molecular complexity index is 680. The second-order valence-corrected chi connectivity index (χ2v) is 6.80. The summed E-state index contributed by atoms with van der Waals surface area (Å²) in [5.74, 6) is 1.66. The van der Waals surface area contributed by atoms with Crippen molar-refractivity contribution in [1.82, 2.24) is 29.5 Å². The highest BCUT2D eigenvalue weighted by Gasteiger charge is 2.28. The number of piperidine rings is 1. The maximum absolute atomic E-state index is 4.85. The molecule has 2 aromatic rings. The second kappa shape index (κ2) is 9.94. The van der Waals surface area contributed by atoms with Crippen LogP contribution in [0.2, 0.25) is 0 Å². The van der Waals surface area contributed by atoms with Gasteiger partial charge in [-0.1, -0.05) is 6.92 Å². The van der Waals surface area contributed by atoms with Crippen LogP contribution < -0.4 is 5.32 Å². The third kappa shape index (κ3) is 5.21. The fourth-order valence-corrected chi connectivity index (χ4v) is 3.41. The molecule has 3 rings (SSSR count). The smallest absolute Gasteiger partial charge is 0.193 e. The fraction of sp³-hybridized carbons (Fsp3) is 0.611. The largest absolute Gasteiger partial charge is 0.357 e. The van der Waals surface area contributed by atoms with Crippen molar-refractivity contribution in [1.29, 1.82) is 0 Å². The third-order valence-corrected chi connectivity index (χ3v) is 4.88. The van der Waals surface area contributed by atoms with Crippen LogP contribution in [-0.4, -0.2) is 56.4 Å². The van der Waals surface area contributed by atoms with Crippen LogP contribution in [0.4, 0.5) is 0 Å². The molecule has 1 aliphatic heterocycles. The highest BCUT2D eigenvalue weighted by atomic mass is 127. The molecule has 0 amide bonds. The Balaban J connectivity index is 0.00000243. The summed E-state index contributed by atoms with van der Waals surface area (Å²) in [6.45, 7) is 8.12. The van der Waals surface area contributed by atoms with Gasteiger partial charge in [0.1, 0.15) is 0 Å². The molecule has 3 heterocycles. The van der Waals surface area contributed by atoms with E-state index in [1.54, 1.807) is 0 Å². The Morgan fingerprint density at radius 2 is 2.27 bits per heavy atom. The predicted molar refractivity (Wildman–Crippen MR) is 115 cm³/mol. The van der Waals surface area contributed by atoms with Gasteiger partial charge in [-0.05, 0) is 31.2 Å². The van der Waals surface area contributed by atoms with E-state index in [9.17, 15) is 0 Å². The number of imidazole rings is 1. The zero-order chi connectivity index (χ0) is 17.6. The second-order valence-electron chi connectivity index (χ2n) is 6.80. The Kier molecular flexibility index (Phi) is 7.92. The molecule has 8 heteroatoms. The van der Waals surface area contributed by atoms with Crippen molar-refractivity contribution in [3.8, 4) is 0 Å². The Hall–Kier alpha value is -1.58. The number of guanidine groups is 1. The van der Waals surface area contributed by atoms with Crippen LogP contribution in [0.5, 0.6) is 0 Å². The van der Waals surface area contributed by atoms with Crippen molar-refractivity contribution in [3.63, 3.8) is 0 Å². The van der Waals surface area contributed by atoms with Crippen molar-refractivity contribution in [2.24, 2.45) is 18.0 Å². The lowest BCUT2D eigenvalue weighted by Crippen LogP contribution is -2.49. The molecule has 144 valence electrons. The molecule has 2 unspecified atom stereocenters. The quantitative estimate of drug-likeness (QED) is 0.413. The number of hydrogen-bond donors (Lipinski definition) is 1. The first-order valence-electron chi connectivity index (χ1n) is 9.15. The van der Waals surface area contributed by atoms with E-state index < -0.39 is 0 Å². The summed E-state index contributed by atoms with van der Waals surface area (Å²) in [5.41, 5.74) is 1.23. The zero-order valence-corrected chi connectivity index (χ0v) is 18.2. The van der Waals surface area contributed by atoms with Crippen LogP contribution in [0.25, 0.3) is 0 Å². The molecule has 2 atom stereocenters. The molecule has 1 aliphatic rings. The number of nitrogens with zero attached hydrogens (tertiary/aromatic N) is 6. The number of halogens is 1. The molecule has 2 aromatic heterocycles. The maximum atomic E-state index is 4.85. The van der Waals surface area contributed by atoms with Gasteiger partial charge in [-0.2, -0.15) is 5.10 Å². The molecule has 26 heavy (non-hydrogen) atoms. The van der Waals surface area contributed by atoms with Crippen LogP contribution in [0.3, 0.4) is 0 Å². The minimum atomic E-state index is 0. The topological polar surface area (TPSA) is 63.3 Å². The summed E-state index contributed by atoms with van der Waals surface area (Å²) in [7, 11) is 1.95. The maximum Gasteiger partial charge on any atom is 0.193 e. The summed E-state index contributed by atoms with van der Waals surface area (Å²) in [5, 5.41) is 7.68. The number of rotatable bonds is 5. The van der Waals surface area contributed by atoms with Gasteiger partial charge >= 0.3 is 0 Å². The SMILES string of the molecule is CCNC(=NCCc1cnn(C)c1)N1CCC(C)C(n2ccnc2)C1.I. The standard InChI is InChI=1S/C18H29N7.HI/c1-4-20-18(21-7-5-16-11-22-23(3)12-16)24-9-6-15(2)17(13-24)25-10-8-19-14-25;/h8,10-12,14-15,17H,4-7,9,13H2,1-3H3,(H,20,21);1H. The first-order valence-corrected chi connectivity index (χ1v) is 9.15. The van der Waals surface area contributed by atoms with E-state index in [1.807, 2.05) is 30.5 Å². The molecular weight excluding hydrogens is 441 g/mol. The van der Waals surface area contributed by atoms with Gasteiger partial charge in [0.2, 0.25) is 0 Å². The molecule has 0 aromatic carbocycles. The number of likely N-dealkylation sites (tertiary alicyclic amines) is 1. The van der Waals surface area contributed by atoms with E-state index >= 15 is 0 Å². The van der Waals surface area contributed by atoms with Gasteiger partial charge < -0.3 is 14.8 Å². The molecule has 0 spiro atoms. The van der Waals surface area contributed by atoms with Gasteiger partial charge in [0.25, 0.3) is 0 Å². The lowest BCUT2D eigenvalue weighted by Gasteiger charge is -2.39. The van der Waals surface area contributed by atoms with E-state index in [0.717, 1.165) is 45.0 Å². The van der Waals surface area contributed by atoms with Gasteiger partial charge in [0.15, 0.2) is 5.96 Å². The third-order valence-electron chi connectivity index (χ3n) is 4.88. The molecule has 0 aliphatic carbocycles. The van der Waals surface area contributed by atoms with E-state index in [0.29, 0.717) is 12.0 Å². The van der Waals surface area contributed by atoms with Crippen LogP contribution in [0.1, 0.15) is 31.9 Å². The summed E-state index contributed by atoms with van der Waals surface area (Å²) < 4.78 is 4.07. The molecule has 7 nitrogen and oxygen atoms in total. The van der Waals surface area contributed by atoms with Gasteiger partial charge in [-0.3, -0.25) is 9.67 Å². The van der Waals surface area contributed by atoms with Gasteiger partial charge in [-0.15, -0.1) is 24.0 Å². The van der Waals surface area contributed by atoms with Gasteiger partial charge in [-0.25, -0.2) is 4.98 Å². The van der Waals surface area contributed by atoms with Crippen LogP contribution in [0.15, 0.2) is 36.1 Å². The zero-order valence-electron chi connectivity index (χ0n) is 15.9. The lowest BCUT2D eigenvalue weighted by molar-refractivity contribution is 0.189.